The van der Waals surface area contributed by atoms with Crippen LogP contribution in [0.3, 0.4) is 0 Å². The van der Waals surface area contributed by atoms with E-state index in [1.165, 1.54) is 76.4 Å². The fourth-order valence-electron chi connectivity index (χ4n) is 2.63. The van der Waals surface area contributed by atoms with Crippen molar-refractivity contribution in [2.45, 2.75) is 84.6 Å². The van der Waals surface area contributed by atoms with E-state index in [0.717, 1.165) is 0 Å². The zero-order valence-corrected chi connectivity index (χ0v) is 13.0. The largest absolute Gasteiger partial charge is 0.202 e. The molecule has 0 saturated heterocycles. The van der Waals surface area contributed by atoms with Crippen LogP contribution in [0.25, 0.3) is 0 Å². The fourth-order valence-corrected chi connectivity index (χ4v) is 2.63. The van der Waals surface area contributed by atoms with Gasteiger partial charge in [0.1, 0.15) is 6.54 Å². The molecule has 0 radical (unpaired) electrons. The molecule has 19 heavy (non-hydrogen) atoms. The first-order valence-corrected chi connectivity index (χ1v) is 8.35. The van der Waals surface area contributed by atoms with Crippen molar-refractivity contribution in [2.75, 3.05) is 0 Å². The Morgan fingerprint density at radius 1 is 0.789 bits per heavy atom. The molecule has 0 aliphatic carbocycles. The van der Waals surface area contributed by atoms with E-state index in [1.54, 1.807) is 0 Å². The SMILES string of the molecule is CCCCCCCCCC[n+]1ccccc1CCC. The molecule has 1 heteroatoms. The molecule has 0 atom stereocenters. The van der Waals surface area contributed by atoms with Crippen molar-refractivity contribution >= 4 is 0 Å². The van der Waals surface area contributed by atoms with Gasteiger partial charge in [0.25, 0.3) is 0 Å². The molecule has 1 nitrogen and oxygen atoms in total. The maximum Gasteiger partial charge on any atom is 0.181 e. The van der Waals surface area contributed by atoms with Crippen LogP contribution in [0.15, 0.2) is 24.4 Å². The van der Waals surface area contributed by atoms with Gasteiger partial charge in [-0.15, -0.1) is 0 Å². The van der Waals surface area contributed by atoms with Crippen molar-refractivity contribution in [3.8, 4) is 0 Å². The van der Waals surface area contributed by atoms with Crippen molar-refractivity contribution in [1.82, 2.24) is 0 Å². The summed E-state index contributed by atoms with van der Waals surface area (Å²) < 4.78 is 2.45. The summed E-state index contributed by atoms with van der Waals surface area (Å²) in [5, 5.41) is 0. The summed E-state index contributed by atoms with van der Waals surface area (Å²) in [6, 6.07) is 6.59. The Morgan fingerprint density at radius 3 is 2.16 bits per heavy atom. The summed E-state index contributed by atoms with van der Waals surface area (Å²) in [6.45, 7) is 5.74. The maximum absolute atomic E-state index is 2.45. The Labute approximate surface area is 120 Å². The van der Waals surface area contributed by atoms with Gasteiger partial charge in [-0.1, -0.05) is 58.4 Å². The first kappa shape index (κ1) is 16.2. The smallest absolute Gasteiger partial charge is 0.181 e. The van der Waals surface area contributed by atoms with Gasteiger partial charge in [0.2, 0.25) is 0 Å². The molecule has 108 valence electrons. The predicted octanol–water partition coefficient (Wildman–Crippen LogP) is 5.07. The first-order chi connectivity index (χ1) is 9.38. The highest BCUT2D eigenvalue weighted by atomic mass is 14.9. The third kappa shape index (κ3) is 7.34. The summed E-state index contributed by atoms with van der Waals surface area (Å²) in [6.07, 6.45) is 15.9. The lowest BCUT2D eigenvalue weighted by Crippen LogP contribution is -2.37. The summed E-state index contributed by atoms with van der Waals surface area (Å²) in [4.78, 5) is 0. The van der Waals surface area contributed by atoms with Crippen LogP contribution < -0.4 is 4.57 Å². The summed E-state index contributed by atoms with van der Waals surface area (Å²) in [5.41, 5.74) is 1.49. The molecule has 1 heterocycles. The van der Waals surface area contributed by atoms with E-state index >= 15 is 0 Å². The maximum atomic E-state index is 2.45. The minimum atomic E-state index is 1.20. The van der Waals surface area contributed by atoms with Gasteiger partial charge in [0.15, 0.2) is 11.9 Å². The molecular formula is C18H32N+. The van der Waals surface area contributed by atoms with Crippen molar-refractivity contribution < 1.29 is 4.57 Å². The number of hydrogen-bond donors (Lipinski definition) is 0. The molecule has 0 fully saturated rings. The van der Waals surface area contributed by atoms with Gasteiger partial charge in [-0.05, 0) is 12.8 Å². The van der Waals surface area contributed by atoms with Crippen molar-refractivity contribution in [3.63, 3.8) is 0 Å². The van der Waals surface area contributed by atoms with Crippen LogP contribution >= 0.6 is 0 Å². The minimum absolute atomic E-state index is 1.20. The molecule has 0 saturated carbocycles. The van der Waals surface area contributed by atoms with Gasteiger partial charge in [-0.25, -0.2) is 4.57 Å². The number of pyridine rings is 1. The van der Waals surface area contributed by atoms with Crippen LogP contribution in [-0.2, 0) is 13.0 Å². The average Bonchev–Trinajstić information content (AvgIpc) is 2.44. The summed E-state index contributed by atoms with van der Waals surface area (Å²) in [7, 11) is 0. The van der Waals surface area contributed by atoms with E-state index in [4.69, 9.17) is 0 Å². The van der Waals surface area contributed by atoms with Crippen molar-refractivity contribution in [3.05, 3.63) is 30.1 Å². The molecule has 1 aromatic heterocycles. The van der Waals surface area contributed by atoms with Crippen LogP contribution in [0.1, 0.15) is 77.3 Å². The Morgan fingerprint density at radius 2 is 1.47 bits per heavy atom. The second-order valence-corrected chi connectivity index (χ2v) is 5.61. The number of unbranched alkanes of at least 4 members (excludes halogenated alkanes) is 7. The quantitative estimate of drug-likeness (QED) is 0.387. The lowest BCUT2D eigenvalue weighted by atomic mass is 10.1. The molecular weight excluding hydrogens is 230 g/mol. The molecule has 0 unspecified atom stereocenters. The normalized spacial score (nSPS) is 10.8. The van der Waals surface area contributed by atoms with Gasteiger partial charge in [-0.3, -0.25) is 0 Å². The van der Waals surface area contributed by atoms with Gasteiger partial charge in [0.05, 0.1) is 0 Å². The number of aryl methyl sites for hydroxylation is 2. The van der Waals surface area contributed by atoms with Gasteiger partial charge in [-0.2, -0.15) is 0 Å². The second-order valence-electron chi connectivity index (χ2n) is 5.61. The standard InChI is InChI=1S/C18H32N/c1-3-5-6-7-8-9-10-12-16-19-17-13-11-15-18(19)14-4-2/h11,13,15,17H,3-10,12,14,16H2,1-2H3/q+1. The Kier molecular flexibility index (Phi) is 9.40. The fraction of sp³-hybridized carbons (Fsp3) is 0.722. The third-order valence-electron chi connectivity index (χ3n) is 3.79. The second kappa shape index (κ2) is 11.0. The van der Waals surface area contributed by atoms with Gasteiger partial charge in [0, 0.05) is 25.0 Å². The highest BCUT2D eigenvalue weighted by Crippen LogP contribution is 2.08. The topological polar surface area (TPSA) is 3.88 Å². The molecule has 0 amide bonds. The monoisotopic (exact) mass is 262 g/mol. The lowest BCUT2D eigenvalue weighted by Gasteiger charge is -2.03. The zero-order valence-electron chi connectivity index (χ0n) is 13.0. The van der Waals surface area contributed by atoms with Crippen LogP contribution in [-0.4, -0.2) is 0 Å². The van der Waals surface area contributed by atoms with Crippen molar-refractivity contribution in [1.29, 1.82) is 0 Å². The number of hydrogen-bond acceptors (Lipinski definition) is 0. The lowest BCUT2D eigenvalue weighted by molar-refractivity contribution is -0.704. The van der Waals surface area contributed by atoms with E-state index in [1.807, 2.05) is 0 Å². The Hall–Kier alpha value is -0.850. The highest BCUT2D eigenvalue weighted by molar-refractivity contribution is 4.97. The summed E-state index contributed by atoms with van der Waals surface area (Å²) in [5.74, 6) is 0. The molecule has 0 aliphatic heterocycles. The number of aromatic nitrogens is 1. The van der Waals surface area contributed by atoms with E-state index in [2.05, 4.69) is 42.8 Å². The molecule has 0 spiro atoms. The molecule has 1 rings (SSSR count). The zero-order chi connectivity index (χ0) is 13.8. The van der Waals surface area contributed by atoms with Crippen LogP contribution in [0, 0.1) is 0 Å². The molecule has 0 bridgehead atoms. The van der Waals surface area contributed by atoms with Crippen molar-refractivity contribution in [2.24, 2.45) is 0 Å². The van der Waals surface area contributed by atoms with Crippen LogP contribution in [0.2, 0.25) is 0 Å². The minimum Gasteiger partial charge on any atom is -0.202 e. The van der Waals surface area contributed by atoms with E-state index in [-0.39, 0.29) is 0 Å². The molecule has 0 aromatic carbocycles. The van der Waals surface area contributed by atoms with Gasteiger partial charge < -0.3 is 0 Å². The van der Waals surface area contributed by atoms with E-state index < -0.39 is 0 Å². The number of nitrogens with zero attached hydrogens (tertiary/aromatic N) is 1. The molecule has 1 aromatic rings. The average molecular weight is 262 g/mol. The summed E-state index contributed by atoms with van der Waals surface area (Å²) >= 11 is 0. The van der Waals surface area contributed by atoms with Crippen LogP contribution in [0.5, 0.6) is 0 Å². The predicted molar refractivity (Wildman–Crippen MR) is 83.2 cm³/mol. The number of rotatable bonds is 11. The van der Waals surface area contributed by atoms with Gasteiger partial charge >= 0.3 is 0 Å². The molecule has 0 N–H and O–H groups in total. The van der Waals surface area contributed by atoms with E-state index in [9.17, 15) is 0 Å². The Balaban J connectivity index is 2.12. The Bertz CT molecular complexity index is 319. The highest BCUT2D eigenvalue weighted by Gasteiger charge is 2.07. The first-order valence-electron chi connectivity index (χ1n) is 8.35. The third-order valence-corrected chi connectivity index (χ3v) is 3.79. The van der Waals surface area contributed by atoms with Crippen LogP contribution in [0.4, 0.5) is 0 Å². The molecule has 0 aliphatic rings. The van der Waals surface area contributed by atoms with E-state index in [0.29, 0.717) is 0 Å².